The summed E-state index contributed by atoms with van der Waals surface area (Å²) >= 11 is 0. The Bertz CT molecular complexity index is 603. The molecule has 4 aliphatic rings. The highest BCUT2D eigenvalue weighted by molar-refractivity contribution is 5.82. The molecule has 3 fully saturated rings. The smallest absolute Gasteiger partial charge is 0.233 e. The molecule has 152 valence electrons. The van der Waals surface area contributed by atoms with E-state index in [4.69, 9.17) is 5.73 Å². The van der Waals surface area contributed by atoms with Gasteiger partial charge in [0.2, 0.25) is 5.91 Å². The molecule has 0 aromatic rings. The van der Waals surface area contributed by atoms with Gasteiger partial charge in [-0.3, -0.25) is 15.0 Å². The molecule has 9 nitrogen and oxygen atoms in total. The first-order chi connectivity index (χ1) is 13.0. The average molecular weight is 382 g/mol. The minimum absolute atomic E-state index is 0.139. The minimum atomic E-state index is -0.969. The lowest BCUT2D eigenvalue weighted by atomic mass is 9.99. The monoisotopic (exact) mass is 382 g/mol. The second kappa shape index (κ2) is 7.61. The van der Waals surface area contributed by atoms with Crippen LogP contribution in [0.4, 0.5) is 4.39 Å². The molecule has 4 heterocycles. The number of nitrogens with zero attached hydrogens (tertiary/aromatic N) is 2. The summed E-state index contributed by atoms with van der Waals surface area (Å²) in [6, 6.07) is 0.956. The minimum Gasteiger partial charge on any atom is -0.389 e. The topological polar surface area (TPSA) is 110 Å². The third-order valence-electron chi connectivity index (χ3n) is 6.31. The van der Waals surface area contributed by atoms with Gasteiger partial charge in [-0.05, 0) is 20.3 Å². The van der Waals surface area contributed by atoms with Crippen molar-refractivity contribution < 1.29 is 9.18 Å². The van der Waals surface area contributed by atoms with Crippen LogP contribution in [-0.4, -0.2) is 78.7 Å². The van der Waals surface area contributed by atoms with E-state index >= 15 is 0 Å². The molecule has 7 atom stereocenters. The molecule has 7 N–H and O–H groups in total. The van der Waals surface area contributed by atoms with E-state index in [2.05, 4.69) is 45.4 Å². The molecule has 0 aliphatic carbocycles. The van der Waals surface area contributed by atoms with Crippen LogP contribution in [0.3, 0.4) is 0 Å². The van der Waals surface area contributed by atoms with Crippen molar-refractivity contribution in [3.63, 3.8) is 0 Å². The van der Waals surface area contributed by atoms with Crippen molar-refractivity contribution >= 4 is 5.91 Å². The third-order valence-corrected chi connectivity index (χ3v) is 6.31. The van der Waals surface area contributed by atoms with Crippen LogP contribution >= 0.6 is 0 Å². The maximum atomic E-state index is 13.6. The number of carbonyl (C=O) groups excluding carboxylic acids is 1. The maximum absolute atomic E-state index is 13.6. The Morgan fingerprint density at radius 2 is 2.19 bits per heavy atom. The number of amides is 1. The van der Waals surface area contributed by atoms with Crippen molar-refractivity contribution in [2.75, 3.05) is 26.3 Å². The number of nitrogens with two attached hydrogens (primary N) is 1. The maximum Gasteiger partial charge on any atom is 0.233 e. The summed E-state index contributed by atoms with van der Waals surface area (Å²) in [6.45, 7) is 6.54. The number of rotatable bonds is 3. The van der Waals surface area contributed by atoms with Gasteiger partial charge in [0.15, 0.2) is 0 Å². The summed E-state index contributed by atoms with van der Waals surface area (Å²) in [6.07, 6.45) is 1.02. The second-order valence-electron chi connectivity index (χ2n) is 8.04. The molecule has 1 amide bonds. The largest absolute Gasteiger partial charge is 0.389 e. The van der Waals surface area contributed by atoms with Crippen LogP contribution in [0.25, 0.3) is 0 Å². The summed E-state index contributed by atoms with van der Waals surface area (Å²) < 4.78 is 13.6. The summed E-state index contributed by atoms with van der Waals surface area (Å²) in [7, 11) is 0. The van der Waals surface area contributed by atoms with Crippen LogP contribution < -0.4 is 32.4 Å². The normalized spacial score (nSPS) is 43.1. The predicted molar refractivity (Wildman–Crippen MR) is 99.4 cm³/mol. The highest BCUT2D eigenvalue weighted by atomic mass is 19.1. The van der Waals surface area contributed by atoms with Crippen molar-refractivity contribution in [2.45, 2.75) is 56.9 Å². The lowest BCUT2D eigenvalue weighted by molar-refractivity contribution is -0.126. The summed E-state index contributed by atoms with van der Waals surface area (Å²) in [5.41, 5.74) is 10.1. The molecule has 0 aromatic carbocycles. The number of halogens is 1. The molecule has 0 aromatic heterocycles. The van der Waals surface area contributed by atoms with E-state index in [9.17, 15) is 9.18 Å². The molecule has 27 heavy (non-hydrogen) atoms. The lowest BCUT2D eigenvalue weighted by Gasteiger charge is -2.37. The SMILES string of the molecule is CC1NCN(C2CCNC=C2NC(=O)C2C(N)NN3CC(F)CNC23)C1C. The number of alkyl halides is 1. The van der Waals surface area contributed by atoms with E-state index in [-0.39, 0.29) is 31.2 Å². The van der Waals surface area contributed by atoms with E-state index in [1.54, 1.807) is 5.01 Å². The Labute approximate surface area is 159 Å². The zero-order valence-corrected chi connectivity index (χ0v) is 15.9. The zero-order chi connectivity index (χ0) is 19.1. The van der Waals surface area contributed by atoms with Gasteiger partial charge >= 0.3 is 0 Å². The first-order valence-electron chi connectivity index (χ1n) is 9.85. The van der Waals surface area contributed by atoms with Crippen LogP contribution in [0.2, 0.25) is 0 Å². The number of nitrogens with one attached hydrogen (secondary N) is 5. The standard InChI is InChI=1S/C17H31FN8O/c1-9-10(2)25(8-22-9)13-3-4-20-6-12(13)23-17(27)14-15(19)24-26-7-11(18)5-21-16(14)26/h6,9-11,13-16,20-22,24H,3-5,7-8,19H2,1-2H3,(H,23,27). The highest BCUT2D eigenvalue weighted by Crippen LogP contribution is 2.25. The molecule has 0 radical (unpaired) electrons. The molecule has 0 spiro atoms. The molecular weight excluding hydrogens is 351 g/mol. The zero-order valence-electron chi connectivity index (χ0n) is 15.9. The van der Waals surface area contributed by atoms with Crippen LogP contribution in [0, 0.1) is 5.92 Å². The Morgan fingerprint density at radius 1 is 1.37 bits per heavy atom. The van der Waals surface area contributed by atoms with Gasteiger partial charge in [0.1, 0.15) is 6.17 Å². The Kier molecular flexibility index (Phi) is 5.36. The highest BCUT2D eigenvalue weighted by Gasteiger charge is 2.47. The van der Waals surface area contributed by atoms with Gasteiger partial charge in [-0.15, -0.1) is 0 Å². The summed E-state index contributed by atoms with van der Waals surface area (Å²) in [5.74, 6) is -0.630. The van der Waals surface area contributed by atoms with E-state index in [1.165, 1.54) is 0 Å². The van der Waals surface area contributed by atoms with Crippen molar-refractivity contribution in [2.24, 2.45) is 11.7 Å². The van der Waals surface area contributed by atoms with E-state index in [0.717, 1.165) is 25.3 Å². The van der Waals surface area contributed by atoms with Gasteiger partial charge in [0.25, 0.3) is 0 Å². The third kappa shape index (κ3) is 3.57. The molecule has 10 heteroatoms. The second-order valence-corrected chi connectivity index (χ2v) is 8.04. The van der Waals surface area contributed by atoms with Gasteiger partial charge in [-0.2, -0.15) is 0 Å². The molecule has 4 aliphatic heterocycles. The Morgan fingerprint density at radius 3 is 2.93 bits per heavy atom. The van der Waals surface area contributed by atoms with E-state index in [0.29, 0.717) is 12.1 Å². The molecule has 7 unspecified atom stereocenters. The molecule has 3 saturated heterocycles. The first-order valence-corrected chi connectivity index (χ1v) is 9.85. The number of hydrazine groups is 1. The Hall–Kier alpha value is -1.30. The fourth-order valence-corrected chi connectivity index (χ4v) is 4.57. The molecular formula is C17H31FN8O. The van der Waals surface area contributed by atoms with Gasteiger partial charge in [-0.1, -0.05) is 0 Å². The van der Waals surface area contributed by atoms with Crippen LogP contribution in [0.5, 0.6) is 0 Å². The number of fused-ring (bicyclic) bond motifs is 1. The molecule has 0 bridgehead atoms. The van der Waals surface area contributed by atoms with Crippen LogP contribution in [0.1, 0.15) is 20.3 Å². The van der Waals surface area contributed by atoms with Crippen molar-refractivity contribution in [1.29, 1.82) is 0 Å². The van der Waals surface area contributed by atoms with Gasteiger partial charge in [-0.25, -0.2) is 14.8 Å². The molecule has 4 rings (SSSR count). The van der Waals surface area contributed by atoms with Gasteiger partial charge < -0.3 is 21.7 Å². The first kappa shape index (κ1) is 19.0. The Balaban J connectivity index is 1.45. The van der Waals surface area contributed by atoms with E-state index in [1.807, 2.05) is 6.20 Å². The summed E-state index contributed by atoms with van der Waals surface area (Å²) in [5, 5.41) is 14.6. The fraction of sp³-hybridized carbons (Fsp3) is 0.824. The van der Waals surface area contributed by atoms with E-state index < -0.39 is 18.3 Å². The van der Waals surface area contributed by atoms with Crippen molar-refractivity contribution in [3.8, 4) is 0 Å². The fourth-order valence-electron chi connectivity index (χ4n) is 4.57. The van der Waals surface area contributed by atoms with Gasteiger partial charge in [0, 0.05) is 44.6 Å². The number of hydrogen-bond donors (Lipinski definition) is 6. The average Bonchev–Trinajstić information content (AvgIpc) is 3.14. The van der Waals surface area contributed by atoms with Crippen LogP contribution in [0.15, 0.2) is 11.9 Å². The van der Waals surface area contributed by atoms with Crippen molar-refractivity contribution in [3.05, 3.63) is 11.9 Å². The van der Waals surface area contributed by atoms with Crippen molar-refractivity contribution in [1.82, 2.24) is 36.6 Å². The quantitative estimate of drug-likeness (QED) is 0.331. The molecule has 0 saturated carbocycles. The van der Waals surface area contributed by atoms with Crippen LogP contribution in [-0.2, 0) is 4.79 Å². The lowest BCUT2D eigenvalue weighted by Crippen LogP contribution is -2.59. The summed E-state index contributed by atoms with van der Waals surface area (Å²) in [4.78, 5) is 15.5. The predicted octanol–water partition coefficient (Wildman–Crippen LogP) is -2.07. The number of carbonyl (C=O) groups is 1. The number of hydrogen-bond acceptors (Lipinski definition) is 8. The van der Waals surface area contributed by atoms with Gasteiger partial charge in [0.05, 0.1) is 30.0 Å².